The van der Waals surface area contributed by atoms with E-state index in [4.69, 9.17) is 5.11 Å². The van der Waals surface area contributed by atoms with Crippen molar-refractivity contribution in [3.63, 3.8) is 0 Å². The van der Waals surface area contributed by atoms with Gasteiger partial charge in [-0.05, 0) is 26.0 Å². The van der Waals surface area contributed by atoms with Crippen LogP contribution in [0.1, 0.15) is 30.0 Å². The van der Waals surface area contributed by atoms with Crippen molar-refractivity contribution in [1.82, 2.24) is 9.77 Å². The maximum atomic E-state index is 14.1. The molecule has 5 nitrogen and oxygen atoms in total. The molecule has 0 aliphatic carbocycles. The van der Waals surface area contributed by atoms with Crippen LogP contribution in [0.5, 0.6) is 0 Å². The molecule has 0 unspecified atom stereocenters. The van der Waals surface area contributed by atoms with Crippen LogP contribution < -0.4 is 0 Å². The maximum absolute atomic E-state index is 14.1. The second-order valence-electron chi connectivity index (χ2n) is 4.90. The summed E-state index contributed by atoms with van der Waals surface area (Å²) in [5.74, 6) is -2.41. The standard InChI is InChI=1S/C12H12F2N2O3/c1-12(2,19)5-8-15-9-7(13)4-3-6(11(17)18)10(9)16(8)14/h3-4,19H,5H2,1-2H3,(H,17,18). The minimum Gasteiger partial charge on any atom is -0.478 e. The van der Waals surface area contributed by atoms with Crippen LogP contribution in [-0.2, 0) is 6.42 Å². The zero-order valence-electron chi connectivity index (χ0n) is 10.3. The van der Waals surface area contributed by atoms with Crippen molar-refractivity contribution in [1.29, 1.82) is 0 Å². The largest absolute Gasteiger partial charge is 0.478 e. The van der Waals surface area contributed by atoms with Crippen molar-refractivity contribution in [2.75, 3.05) is 0 Å². The number of fused-ring (bicyclic) bond motifs is 1. The number of carboxylic acid groups (broad SMARTS) is 1. The minimum atomic E-state index is -1.38. The third kappa shape index (κ3) is 2.41. The fourth-order valence-corrected chi connectivity index (χ4v) is 1.83. The fraction of sp³-hybridized carbons (Fsp3) is 0.333. The summed E-state index contributed by atoms with van der Waals surface area (Å²) in [5, 5.41) is 18.6. The normalized spacial score (nSPS) is 12.1. The van der Waals surface area contributed by atoms with Crippen molar-refractivity contribution in [2.45, 2.75) is 25.9 Å². The highest BCUT2D eigenvalue weighted by molar-refractivity contribution is 6.01. The Morgan fingerprint density at radius 1 is 1.47 bits per heavy atom. The van der Waals surface area contributed by atoms with Crippen molar-refractivity contribution in [3.05, 3.63) is 29.3 Å². The smallest absolute Gasteiger partial charge is 0.338 e. The zero-order chi connectivity index (χ0) is 14.4. The molecule has 2 aromatic rings. The number of imidazole rings is 1. The Hall–Kier alpha value is -2.02. The number of carbonyl (C=O) groups is 1. The first-order valence-corrected chi connectivity index (χ1v) is 5.52. The van der Waals surface area contributed by atoms with E-state index < -0.39 is 22.9 Å². The van der Waals surface area contributed by atoms with Crippen molar-refractivity contribution < 1.29 is 23.9 Å². The molecular weight excluding hydrogens is 258 g/mol. The number of benzene rings is 1. The number of aromatic carboxylic acids is 1. The van der Waals surface area contributed by atoms with Crippen LogP contribution in [0.2, 0.25) is 0 Å². The highest BCUT2D eigenvalue weighted by Gasteiger charge is 2.24. The van der Waals surface area contributed by atoms with Gasteiger partial charge in [-0.1, -0.05) is 4.48 Å². The molecule has 7 heteroatoms. The molecule has 1 aromatic heterocycles. The predicted octanol–water partition coefficient (Wildman–Crippen LogP) is 1.92. The molecule has 0 saturated carbocycles. The summed E-state index contributed by atoms with van der Waals surface area (Å²) in [6, 6.07) is 1.90. The SMILES string of the molecule is CC(C)(O)Cc1nc2c(F)ccc(C(=O)O)c2n1F. The van der Waals surface area contributed by atoms with Crippen LogP contribution in [0.3, 0.4) is 0 Å². The molecule has 0 aliphatic heterocycles. The van der Waals surface area contributed by atoms with Gasteiger partial charge in [-0.3, -0.25) is 0 Å². The third-order valence-corrected chi connectivity index (χ3v) is 2.59. The number of carboxylic acids is 1. The van der Waals surface area contributed by atoms with E-state index in [0.29, 0.717) is 0 Å². The lowest BCUT2D eigenvalue weighted by atomic mass is 10.1. The zero-order valence-corrected chi connectivity index (χ0v) is 10.3. The van der Waals surface area contributed by atoms with Gasteiger partial charge in [0.05, 0.1) is 11.2 Å². The van der Waals surface area contributed by atoms with Crippen LogP contribution in [-0.4, -0.2) is 31.6 Å². The molecule has 0 spiro atoms. The van der Waals surface area contributed by atoms with Gasteiger partial charge in [-0.15, -0.1) is 0 Å². The Labute approximate surface area is 107 Å². The van der Waals surface area contributed by atoms with Crippen LogP contribution in [0.15, 0.2) is 12.1 Å². The van der Waals surface area contributed by atoms with E-state index in [1.807, 2.05) is 0 Å². The van der Waals surface area contributed by atoms with Gasteiger partial charge in [-0.2, -0.15) is 4.79 Å². The molecule has 2 N–H and O–H groups in total. The Kier molecular flexibility index (Phi) is 3.01. The summed E-state index contributed by atoms with van der Waals surface area (Å²) in [6.45, 7) is 2.89. The third-order valence-electron chi connectivity index (χ3n) is 2.59. The van der Waals surface area contributed by atoms with E-state index in [1.54, 1.807) is 0 Å². The molecule has 2 rings (SSSR count). The summed E-state index contributed by atoms with van der Waals surface area (Å²) in [6.07, 6.45) is -0.170. The lowest BCUT2D eigenvalue weighted by Gasteiger charge is -2.15. The number of rotatable bonds is 3. The van der Waals surface area contributed by atoms with Crippen LogP contribution >= 0.6 is 0 Å². The Morgan fingerprint density at radius 2 is 2.11 bits per heavy atom. The first kappa shape index (κ1) is 13.4. The molecule has 1 aromatic carbocycles. The molecule has 0 fully saturated rings. The topological polar surface area (TPSA) is 75.3 Å². The highest BCUT2D eigenvalue weighted by atomic mass is 19.2. The number of aliphatic hydroxyl groups is 1. The highest BCUT2D eigenvalue weighted by Crippen LogP contribution is 2.25. The monoisotopic (exact) mass is 270 g/mol. The van der Waals surface area contributed by atoms with Crippen molar-refractivity contribution in [3.8, 4) is 0 Å². The van der Waals surface area contributed by atoms with Crippen molar-refractivity contribution in [2.24, 2.45) is 0 Å². The second-order valence-corrected chi connectivity index (χ2v) is 4.90. The lowest BCUT2D eigenvalue weighted by molar-refractivity contribution is 0.0698. The van der Waals surface area contributed by atoms with E-state index in [1.165, 1.54) is 13.8 Å². The van der Waals surface area contributed by atoms with E-state index in [-0.39, 0.29) is 28.1 Å². The molecule has 0 aliphatic rings. The number of hydrogen-bond acceptors (Lipinski definition) is 3. The van der Waals surface area contributed by atoms with Crippen LogP contribution in [0.25, 0.3) is 11.0 Å². The molecule has 0 bridgehead atoms. The van der Waals surface area contributed by atoms with Gasteiger partial charge in [-0.25, -0.2) is 14.2 Å². The molecule has 0 atom stereocenters. The number of hydrogen-bond donors (Lipinski definition) is 2. The van der Waals surface area contributed by atoms with Crippen molar-refractivity contribution >= 4 is 17.0 Å². The van der Waals surface area contributed by atoms with Gasteiger partial charge in [0.2, 0.25) is 0 Å². The molecule has 102 valence electrons. The van der Waals surface area contributed by atoms with Gasteiger partial charge in [0, 0.05) is 6.42 Å². The number of aromatic nitrogens is 2. The summed E-state index contributed by atoms with van der Waals surface area (Å²) < 4.78 is 27.6. The number of nitrogens with zero attached hydrogens (tertiary/aromatic N) is 2. The summed E-state index contributed by atoms with van der Waals surface area (Å²) in [5.41, 5.74) is -2.42. The van der Waals surface area contributed by atoms with Gasteiger partial charge in [0.1, 0.15) is 16.9 Å². The van der Waals surface area contributed by atoms with Gasteiger partial charge in [0.25, 0.3) is 0 Å². The van der Waals surface area contributed by atoms with Crippen LogP contribution in [0, 0.1) is 5.82 Å². The summed E-state index contributed by atoms with van der Waals surface area (Å²) in [4.78, 5) is 14.7. The molecule has 0 radical (unpaired) electrons. The maximum Gasteiger partial charge on any atom is 0.338 e. The molecule has 1 heterocycles. The fourth-order valence-electron chi connectivity index (χ4n) is 1.83. The van der Waals surface area contributed by atoms with E-state index in [2.05, 4.69) is 4.98 Å². The van der Waals surface area contributed by atoms with E-state index >= 15 is 0 Å². The predicted molar refractivity (Wildman–Crippen MR) is 63.2 cm³/mol. The van der Waals surface area contributed by atoms with E-state index in [0.717, 1.165) is 12.1 Å². The average molecular weight is 270 g/mol. The summed E-state index contributed by atoms with van der Waals surface area (Å²) >= 11 is 0. The molecule has 0 saturated heterocycles. The quantitative estimate of drug-likeness (QED) is 0.893. The van der Waals surface area contributed by atoms with Gasteiger partial charge >= 0.3 is 5.97 Å². The Balaban J connectivity index is 2.72. The first-order valence-electron chi connectivity index (χ1n) is 5.52. The number of halogens is 2. The minimum absolute atomic E-state index is 0.0137. The van der Waals surface area contributed by atoms with Gasteiger partial charge < -0.3 is 10.2 Å². The Morgan fingerprint density at radius 3 is 2.63 bits per heavy atom. The lowest BCUT2D eigenvalue weighted by Crippen LogP contribution is -2.23. The average Bonchev–Trinajstić information content (AvgIpc) is 2.56. The second kappa shape index (κ2) is 4.27. The summed E-state index contributed by atoms with van der Waals surface area (Å²) in [7, 11) is 0. The molecular formula is C12H12F2N2O3. The van der Waals surface area contributed by atoms with Crippen LogP contribution in [0.4, 0.5) is 8.87 Å². The first-order chi connectivity index (χ1) is 8.70. The molecule has 0 amide bonds. The van der Waals surface area contributed by atoms with E-state index in [9.17, 15) is 18.8 Å². The Bertz CT molecular complexity index is 659. The van der Waals surface area contributed by atoms with Gasteiger partial charge in [0.15, 0.2) is 5.82 Å². The molecule has 19 heavy (non-hydrogen) atoms.